The summed E-state index contributed by atoms with van der Waals surface area (Å²) < 4.78 is 52.6. The maximum Gasteiger partial charge on any atom is 0.204 e. The summed E-state index contributed by atoms with van der Waals surface area (Å²) in [6.07, 6.45) is 5.23. The molecule has 6 aromatic carbocycles. The van der Waals surface area contributed by atoms with Crippen LogP contribution in [0.1, 0.15) is 16.7 Å². The zero-order valence-corrected chi connectivity index (χ0v) is 47.8. The summed E-state index contributed by atoms with van der Waals surface area (Å²) in [5, 5.41) is 0. The fourth-order valence-electron chi connectivity index (χ4n) is 6.66. The molecule has 0 atom stereocenters. The van der Waals surface area contributed by atoms with Gasteiger partial charge in [0.2, 0.25) is 5.95 Å². The molecular formula is C59H42F4Ir4N4-4. The van der Waals surface area contributed by atoms with E-state index in [4.69, 9.17) is 0 Å². The molecule has 0 aliphatic heterocycles. The smallest absolute Gasteiger partial charge is 0.204 e. The van der Waals surface area contributed by atoms with Gasteiger partial charge in [0.1, 0.15) is 5.82 Å². The Kier molecular flexibility index (Phi) is 25.3. The zero-order valence-electron chi connectivity index (χ0n) is 38.2. The zero-order chi connectivity index (χ0) is 47.0. The largest absolute Gasteiger partial charge is 0.305 e. The molecule has 0 spiro atoms. The van der Waals surface area contributed by atoms with Gasteiger partial charge >= 0.3 is 0 Å². The number of rotatable bonds is 6. The van der Waals surface area contributed by atoms with Crippen LogP contribution in [-0.4, -0.2) is 19.9 Å². The summed E-state index contributed by atoms with van der Waals surface area (Å²) in [4.78, 5) is 16.4. The second-order valence-electron chi connectivity index (χ2n) is 15.1. The third kappa shape index (κ3) is 17.5. The van der Waals surface area contributed by atoms with E-state index in [1.165, 1.54) is 70.4 Å². The van der Waals surface area contributed by atoms with Crippen molar-refractivity contribution in [2.24, 2.45) is 0 Å². The van der Waals surface area contributed by atoms with E-state index in [1.54, 1.807) is 38.2 Å². The van der Waals surface area contributed by atoms with E-state index in [2.05, 4.69) is 111 Å². The van der Waals surface area contributed by atoms with Gasteiger partial charge < -0.3 is 15.0 Å². The molecule has 0 fully saturated rings. The van der Waals surface area contributed by atoms with Crippen LogP contribution in [0.4, 0.5) is 17.6 Å². The summed E-state index contributed by atoms with van der Waals surface area (Å²) in [7, 11) is 0. The van der Waals surface area contributed by atoms with Crippen LogP contribution in [0, 0.1) is 68.4 Å². The number of aromatic nitrogens is 4. The van der Waals surface area contributed by atoms with E-state index in [1.807, 2.05) is 73.8 Å². The summed E-state index contributed by atoms with van der Waals surface area (Å²) in [5.41, 5.74) is 12.3. The van der Waals surface area contributed by atoms with E-state index in [0.717, 1.165) is 33.6 Å². The molecule has 0 amide bonds. The molecule has 12 heteroatoms. The summed E-state index contributed by atoms with van der Waals surface area (Å²) in [6, 6.07) is 67.6. The van der Waals surface area contributed by atoms with Gasteiger partial charge in [0, 0.05) is 116 Å². The Morgan fingerprint density at radius 1 is 0.408 bits per heavy atom. The number of halogens is 4. The first-order valence-electron chi connectivity index (χ1n) is 21.2. The first-order valence-corrected chi connectivity index (χ1v) is 21.2. The first kappa shape index (κ1) is 59.5. The van der Waals surface area contributed by atoms with Crippen molar-refractivity contribution < 1.29 is 98.0 Å². The van der Waals surface area contributed by atoms with Gasteiger partial charge in [-0.25, -0.2) is 8.78 Å². The van der Waals surface area contributed by atoms with Crippen molar-refractivity contribution in [3.63, 3.8) is 0 Å². The number of hydrogen-bond acceptors (Lipinski definition) is 4. The molecule has 0 N–H and O–H groups in total. The van der Waals surface area contributed by atoms with Crippen LogP contribution in [0.15, 0.2) is 201 Å². The molecule has 4 aromatic heterocycles. The monoisotopic (exact) mass is 1650 g/mol. The van der Waals surface area contributed by atoms with Crippen LogP contribution in [0.3, 0.4) is 0 Å². The van der Waals surface area contributed by atoms with Crippen molar-refractivity contribution in [3.8, 4) is 67.3 Å². The van der Waals surface area contributed by atoms with Crippen molar-refractivity contribution in [1.82, 2.24) is 19.9 Å². The third-order valence-electron chi connectivity index (χ3n) is 10.0. The van der Waals surface area contributed by atoms with Crippen molar-refractivity contribution in [3.05, 3.63) is 265 Å². The topological polar surface area (TPSA) is 51.6 Å². The molecule has 0 saturated heterocycles. The average molecular weight is 1650 g/mol. The maximum atomic E-state index is 13.5. The van der Waals surface area contributed by atoms with Crippen LogP contribution in [0.5, 0.6) is 0 Å². The number of aryl methyl sites for hydroxylation is 3. The fourth-order valence-corrected chi connectivity index (χ4v) is 6.66. The van der Waals surface area contributed by atoms with E-state index < -0.39 is 23.4 Å². The van der Waals surface area contributed by atoms with Gasteiger partial charge in [-0.3, -0.25) is 9.37 Å². The Hall–Kier alpha value is -5.76. The number of nitrogens with zero attached hydrogens (tertiary/aromatic N) is 4. The molecule has 4 heterocycles. The quantitative estimate of drug-likeness (QED) is 0.0946. The van der Waals surface area contributed by atoms with Crippen LogP contribution in [0.25, 0.3) is 67.3 Å². The van der Waals surface area contributed by atoms with Gasteiger partial charge in [-0.1, -0.05) is 102 Å². The summed E-state index contributed by atoms with van der Waals surface area (Å²) in [6.45, 7) is 5.54. The molecule has 10 rings (SSSR count). The molecule has 0 aliphatic rings. The minimum atomic E-state index is -0.618. The van der Waals surface area contributed by atoms with Crippen molar-refractivity contribution in [1.29, 1.82) is 0 Å². The van der Waals surface area contributed by atoms with Crippen molar-refractivity contribution in [2.45, 2.75) is 20.8 Å². The van der Waals surface area contributed by atoms with Gasteiger partial charge in [-0.05, 0) is 78.3 Å². The maximum absolute atomic E-state index is 13.5. The number of pyridine rings is 4. The third-order valence-corrected chi connectivity index (χ3v) is 10.0. The van der Waals surface area contributed by atoms with E-state index in [0.29, 0.717) is 11.3 Å². The van der Waals surface area contributed by atoms with Crippen LogP contribution < -0.4 is 0 Å². The second-order valence-corrected chi connectivity index (χ2v) is 15.1. The Labute approximate surface area is 467 Å². The first-order chi connectivity index (χ1) is 32.6. The normalized spacial score (nSPS) is 9.73. The molecule has 0 aliphatic carbocycles. The second kappa shape index (κ2) is 30.2. The minimum Gasteiger partial charge on any atom is -0.305 e. The fraction of sp³-hybridized carbons (Fsp3) is 0.0508. The minimum absolute atomic E-state index is 0. The average Bonchev–Trinajstić information content (AvgIpc) is 3.37. The van der Waals surface area contributed by atoms with Crippen molar-refractivity contribution >= 4 is 0 Å². The Bertz CT molecular complexity index is 3110. The van der Waals surface area contributed by atoms with Crippen LogP contribution in [-0.2, 0) is 80.4 Å². The standard InChI is InChI=1S/C18H14N.C17H12N.2C12H8F2N.4Ir/c1-14-10-11-18(19-13-14)17-9-5-8-16(12-17)15-6-3-2-4-7-15;1-2-7-14(8-3-1)15-9-6-10-16(13-15)17-11-4-5-12-18-17;1-8-5-11(14)12(15-7-8)9-3-2-4-10(13)6-9;1-8-6-7-11(14)15-12(8)9-4-2-3-5-10(9)13;;;;/h2-8,10-13H,1H3;1-9,11-13H;2-5,7H,1H3;2-3,5-7H,1H3;;;;/q4*-1;;;;. The predicted octanol–water partition coefficient (Wildman–Crippen LogP) is 15.0. The van der Waals surface area contributed by atoms with E-state index in [9.17, 15) is 17.6 Å². The molecule has 0 unspecified atom stereocenters. The number of hydrogen-bond donors (Lipinski definition) is 0. The van der Waals surface area contributed by atoms with Gasteiger partial charge in [0.25, 0.3) is 0 Å². The van der Waals surface area contributed by atoms with Crippen LogP contribution >= 0.6 is 0 Å². The predicted molar refractivity (Wildman–Crippen MR) is 259 cm³/mol. The Morgan fingerprint density at radius 3 is 1.56 bits per heavy atom. The SMILES string of the molecule is Cc1ccc(-c2[c-]ccc(-c3ccccc3)c2)nc1.Cc1ccc(F)nc1-c1[c-]cccc1F.Cc1cnc(-c2[c-]c(F)ccc2)c(F)c1.[Ir].[Ir].[Ir].[Ir].[c-]1ccc(-c2ccccc2)cc1-c1ccccn1. The van der Waals surface area contributed by atoms with E-state index in [-0.39, 0.29) is 91.7 Å². The van der Waals surface area contributed by atoms with E-state index >= 15 is 0 Å². The molecule has 0 bridgehead atoms. The Balaban J connectivity index is 0.000000247. The van der Waals surface area contributed by atoms with Crippen molar-refractivity contribution in [2.75, 3.05) is 0 Å². The molecule has 366 valence electrons. The van der Waals surface area contributed by atoms with Gasteiger partial charge in [-0.2, -0.15) is 4.39 Å². The molecule has 71 heavy (non-hydrogen) atoms. The Morgan fingerprint density at radius 2 is 1.01 bits per heavy atom. The van der Waals surface area contributed by atoms with Gasteiger partial charge in [0.15, 0.2) is 0 Å². The summed E-state index contributed by atoms with van der Waals surface area (Å²) >= 11 is 0. The molecule has 4 nitrogen and oxygen atoms in total. The molecule has 10 aromatic rings. The summed E-state index contributed by atoms with van der Waals surface area (Å²) in [5.74, 6) is -2.04. The molecule has 4 radical (unpaired) electrons. The van der Waals surface area contributed by atoms with Gasteiger partial charge in [-0.15, -0.1) is 125 Å². The van der Waals surface area contributed by atoms with Gasteiger partial charge in [0.05, 0.1) is 0 Å². The number of benzene rings is 6. The van der Waals surface area contributed by atoms with Crippen LogP contribution in [0.2, 0.25) is 0 Å². The molecule has 0 saturated carbocycles. The molecular weight excluding hydrogens is 1610 g/mol.